The lowest BCUT2D eigenvalue weighted by molar-refractivity contribution is 0.609. The number of rotatable bonds is 6. The Balaban J connectivity index is 2.24. The second-order valence-corrected chi connectivity index (χ2v) is 5.45. The van der Waals surface area contributed by atoms with Crippen LogP contribution in [0.25, 0.3) is 0 Å². The number of nitrogens with one attached hydrogen (secondary N) is 1. The van der Waals surface area contributed by atoms with Crippen molar-refractivity contribution in [1.29, 1.82) is 0 Å². The van der Waals surface area contributed by atoms with E-state index in [4.69, 9.17) is 11.6 Å². The van der Waals surface area contributed by atoms with Gasteiger partial charge in [-0.25, -0.2) is 4.39 Å². The van der Waals surface area contributed by atoms with E-state index in [0.717, 1.165) is 31.5 Å². The van der Waals surface area contributed by atoms with Crippen LogP contribution in [0.1, 0.15) is 25.3 Å². The monoisotopic (exact) mass is 307 g/mol. The third kappa shape index (κ3) is 5.28. The first kappa shape index (κ1) is 13.9. The molecule has 1 aromatic rings. The van der Waals surface area contributed by atoms with Gasteiger partial charge in [-0.15, -0.1) is 11.6 Å². The van der Waals surface area contributed by atoms with E-state index in [1.165, 1.54) is 6.07 Å². The second kappa shape index (κ2) is 7.25. The van der Waals surface area contributed by atoms with Gasteiger partial charge < -0.3 is 5.32 Å². The zero-order chi connectivity index (χ0) is 12.0. The van der Waals surface area contributed by atoms with Gasteiger partial charge in [-0.05, 0) is 59.9 Å². The van der Waals surface area contributed by atoms with Crippen LogP contribution in [0.2, 0.25) is 0 Å². The van der Waals surface area contributed by atoms with Crippen LogP contribution in [0, 0.1) is 5.82 Å². The minimum absolute atomic E-state index is 0.222. The molecule has 0 saturated heterocycles. The normalized spacial score (nSPS) is 12.8. The van der Waals surface area contributed by atoms with Gasteiger partial charge in [0, 0.05) is 11.9 Å². The fourth-order valence-corrected chi connectivity index (χ4v) is 1.97. The first-order chi connectivity index (χ1) is 7.59. The van der Waals surface area contributed by atoms with E-state index in [1.54, 1.807) is 12.1 Å². The summed E-state index contributed by atoms with van der Waals surface area (Å²) in [5.41, 5.74) is 1.08. The van der Waals surface area contributed by atoms with Gasteiger partial charge in [0.15, 0.2) is 0 Å². The Morgan fingerprint density at radius 3 is 2.88 bits per heavy atom. The van der Waals surface area contributed by atoms with E-state index in [9.17, 15) is 4.39 Å². The van der Waals surface area contributed by atoms with Gasteiger partial charge in [-0.3, -0.25) is 0 Å². The van der Waals surface area contributed by atoms with Crippen LogP contribution in [-0.4, -0.2) is 11.9 Å². The predicted octanol–water partition coefficient (Wildman–Crippen LogP) is 4.09. The van der Waals surface area contributed by atoms with Crippen molar-refractivity contribution in [3.8, 4) is 0 Å². The number of hydrogen-bond donors (Lipinski definition) is 1. The van der Waals surface area contributed by atoms with E-state index in [-0.39, 0.29) is 11.2 Å². The zero-order valence-electron chi connectivity index (χ0n) is 9.27. The van der Waals surface area contributed by atoms with Crippen LogP contribution in [0.3, 0.4) is 0 Å². The third-order valence-electron chi connectivity index (χ3n) is 2.27. The van der Waals surface area contributed by atoms with Gasteiger partial charge in [-0.2, -0.15) is 0 Å². The molecule has 0 bridgehead atoms. The largest absolute Gasteiger partial charge is 0.313 e. The SMILES string of the molecule is CC(Cl)CCCNCc1ccc(F)c(Br)c1. The van der Waals surface area contributed by atoms with E-state index in [1.807, 2.05) is 6.92 Å². The molecule has 1 aromatic carbocycles. The van der Waals surface area contributed by atoms with Crippen molar-refractivity contribution in [3.05, 3.63) is 34.1 Å². The molecule has 1 nitrogen and oxygen atoms in total. The van der Waals surface area contributed by atoms with Crippen molar-refractivity contribution in [1.82, 2.24) is 5.32 Å². The molecule has 1 N–H and O–H groups in total. The summed E-state index contributed by atoms with van der Waals surface area (Å²) in [6.45, 7) is 3.69. The minimum Gasteiger partial charge on any atom is -0.313 e. The molecule has 4 heteroatoms. The van der Waals surface area contributed by atoms with Gasteiger partial charge in [0.25, 0.3) is 0 Å². The Hall–Kier alpha value is -0.120. The Kier molecular flexibility index (Phi) is 6.32. The predicted molar refractivity (Wildman–Crippen MR) is 70.4 cm³/mol. The number of halogens is 3. The highest BCUT2D eigenvalue weighted by Gasteiger charge is 2.00. The first-order valence-corrected chi connectivity index (χ1v) is 6.61. The van der Waals surface area contributed by atoms with Crippen molar-refractivity contribution < 1.29 is 4.39 Å². The van der Waals surface area contributed by atoms with Crippen molar-refractivity contribution in [3.63, 3.8) is 0 Å². The van der Waals surface area contributed by atoms with Gasteiger partial charge in [-0.1, -0.05) is 6.07 Å². The summed E-state index contributed by atoms with van der Waals surface area (Å²) in [6, 6.07) is 5.06. The highest BCUT2D eigenvalue weighted by molar-refractivity contribution is 9.10. The molecule has 16 heavy (non-hydrogen) atoms. The van der Waals surface area contributed by atoms with Crippen LogP contribution < -0.4 is 5.32 Å². The molecular weight excluding hydrogens is 292 g/mol. The van der Waals surface area contributed by atoms with Crippen LogP contribution in [0.15, 0.2) is 22.7 Å². The van der Waals surface area contributed by atoms with E-state index in [0.29, 0.717) is 4.47 Å². The van der Waals surface area contributed by atoms with E-state index >= 15 is 0 Å². The summed E-state index contributed by atoms with van der Waals surface area (Å²) in [6.07, 6.45) is 2.08. The van der Waals surface area contributed by atoms with Crippen LogP contribution in [0.5, 0.6) is 0 Å². The molecule has 1 rings (SSSR count). The molecule has 0 saturated carbocycles. The number of hydrogen-bond acceptors (Lipinski definition) is 1. The Labute approximate surface area is 110 Å². The van der Waals surface area contributed by atoms with E-state index in [2.05, 4.69) is 21.2 Å². The lowest BCUT2D eigenvalue weighted by Gasteiger charge is -2.06. The third-order valence-corrected chi connectivity index (χ3v) is 3.09. The van der Waals surface area contributed by atoms with Crippen LogP contribution in [0.4, 0.5) is 4.39 Å². The Morgan fingerprint density at radius 2 is 2.25 bits per heavy atom. The van der Waals surface area contributed by atoms with Crippen molar-refractivity contribution in [2.45, 2.75) is 31.7 Å². The maximum atomic E-state index is 12.9. The van der Waals surface area contributed by atoms with Crippen molar-refractivity contribution >= 4 is 27.5 Å². The molecule has 1 unspecified atom stereocenters. The molecule has 0 heterocycles. The quantitative estimate of drug-likeness (QED) is 0.616. The number of alkyl halides is 1. The molecule has 90 valence electrons. The summed E-state index contributed by atoms with van der Waals surface area (Å²) < 4.78 is 13.5. The molecule has 0 radical (unpaired) electrons. The molecule has 0 aliphatic carbocycles. The minimum atomic E-state index is -0.222. The summed E-state index contributed by atoms with van der Waals surface area (Å²) in [7, 11) is 0. The summed E-state index contributed by atoms with van der Waals surface area (Å²) in [4.78, 5) is 0. The number of benzene rings is 1. The Morgan fingerprint density at radius 1 is 1.50 bits per heavy atom. The van der Waals surface area contributed by atoms with Crippen LogP contribution in [-0.2, 0) is 6.54 Å². The average Bonchev–Trinajstić information content (AvgIpc) is 2.22. The Bertz CT molecular complexity index is 331. The molecule has 0 amide bonds. The molecule has 1 atom stereocenters. The summed E-state index contributed by atoms with van der Waals surface area (Å²) >= 11 is 9.00. The van der Waals surface area contributed by atoms with Gasteiger partial charge in [0.1, 0.15) is 5.82 Å². The van der Waals surface area contributed by atoms with E-state index < -0.39 is 0 Å². The lowest BCUT2D eigenvalue weighted by atomic mass is 10.2. The molecule has 0 aliphatic heterocycles. The van der Waals surface area contributed by atoms with Crippen molar-refractivity contribution in [2.75, 3.05) is 6.54 Å². The molecule has 0 fully saturated rings. The second-order valence-electron chi connectivity index (χ2n) is 3.85. The average molecular weight is 309 g/mol. The standard InChI is InChI=1S/C12H16BrClFN/c1-9(14)3-2-6-16-8-10-4-5-12(15)11(13)7-10/h4-5,7,9,16H,2-3,6,8H2,1H3. The highest BCUT2D eigenvalue weighted by Crippen LogP contribution is 2.16. The maximum Gasteiger partial charge on any atom is 0.137 e. The topological polar surface area (TPSA) is 12.0 Å². The van der Waals surface area contributed by atoms with Gasteiger partial charge in [0.05, 0.1) is 4.47 Å². The van der Waals surface area contributed by atoms with Crippen LogP contribution >= 0.6 is 27.5 Å². The fourth-order valence-electron chi connectivity index (χ4n) is 1.39. The molecule has 0 aromatic heterocycles. The fraction of sp³-hybridized carbons (Fsp3) is 0.500. The molecule has 0 spiro atoms. The van der Waals surface area contributed by atoms with Gasteiger partial charge >= 0.3 is 0 Å². The zero-order valence-corrected chi connectivity index (χ0v) is 11.6. The van der Waals surface area contributed by atoms with Crippen molar-refractivity contribution in [2.24, 2.45) is 0 Å². The smallest absolute Gasteiger partial charge is 0.137 e. The van der Waals surface area contributed by atoms with Gasteiger partial charge in [0.2, 0.25) is 0 Å². The lowest BCUT2D eigenvalue weighted by Crippen LogP contribution is -2.15. The summed E-state index contributed by atoms with van der Waals surface area (Å²) in [5.74, 6) is -0.222. The first-order valence-electron chi connectivity index (χ1n) is 5.38. The summed E-state index contributed by atoms with van der Waals surface area (Å²) in [5, 5.41) is 3.54. The maximum absolute atomic E-state index is 12.9. The highest BCUT2D eigenvalue weighted by atomic mass is 79.9. The molecule has 0 aliphatic rings. The molecular formula is C12H16BrClFN.